The van der Waals surface area contributed by atoms with Crippen LogP contribution in [0.3, 0.4) is 0 Å². The minimum absolute atomic E-state index is 0.0189. The van der Waals surface area contributed by atoms with Crippen LogP contribution in [0.15, 0.2) is 15.7 Å². The molecule has 9 nitrogen and oxygen atoms in total. The lowest BCUT2D eigenvalue weighted by Gasteiger charge is -2.03. The van der Waals surface area contributed by atoms with E-state index < -0.39 is 0 Å². The topological polar surface area (TPSA) is 112 Å². The van der Waals surface area contributed by atoms with E-state index in [0.29, 0.717) is 0 Å². The van der Waals surface area contributed by atoms with Crippen LogP contribution in [0.5, 0.6) is 0 Å². The molecule has 0 radical (unpaired) electrons. The Labute approximate surface area is 60.0 Å². The van der Waals surface area contributed by atoms with Gasteiger partial charge < -0.3 is 0 Å². The van der Waals surface area contributed by atoms with E-state index in [0.717, 1.165) is 0 Å². The van der Waals surface area contributed by atoms with Gasteiger partial charge in [0.15, 0.2) is 0 Å². The highest BCUT2D eigenvalue weighted by atomic mass is 32.1. The fourth-order valence-corrected chi connectivity index (χ4v) is 0.183. The van der Waals surface area contributed by atoms with Crippen molar-refractivity contribution in [3.8, 4) is 0 Å². The van der Waals surface area contributed by atoms with Gasteiger partial charge in [0.2, 0.25) is 0 Å². The van der Waals surface area contributed by atoms with Crippen molar-refractivity contribution in [1.29, 1.82) is 5.53 Å². The Morgan fingerprint density at radius 3 is 2.70 bits per heavy atom. The number of hydrogen-bond donors (Lipinski definition) is 3. The van der Waals surface area contributed by atoms with Gasteiger partial charge in [0.05, 0.1) is 5.34 Å². The molecule has 0 unspecified atom stereocenters. The van der Waals surface area contributed by atoms with E-state index in [1.54, 1.807) is 0 Å². The molecule has 0 amide bonds. The highest BCUT2D eigenvalue weighted by Gasteiger charge is 1.99. The fraction of sp³-hybridized carbons (Fsp3) is 0. The normalized spacial score (nSPS) is 10.2. The Morgan fingerprint density at radius 1 is 1.60 bits per heavy atom. The molecule has 0 rings (SSSR count). The lowest BCUT2D eigenvalue weighted by atomic mass is 12.4. The first-order valence-corrected chi connectivity index (χ1v) is 2.09. The molecule has 0 aromatic rings. The van der Waals surface area contributed by atoms with Gasteiger partial charge in [-0.25, -0.2) is 5.26 Å². The van der Waals surface area contributed by atoms with Crippen LogP contribution < -0.4 is 0 Å². The van der Waals surface area contributed by atoms with Crippen molar-refractivity contribution in [2.75, 3.05) is 0 Å². The van der Waals surface area contributed by atoms with Crippen molar-refractivity contribution < 1.29 is 19.6 Å². The summed E-state index contributed by atoms with van der Waals surface area (Å²) in [4.78, 5) is 7.14. The van der Waals surface area contributed by atoms with Crippen LogP contribution in [-0.2, 0) is 14.3 Å². The van der Waals surface area contributed by atoms with E-state index in [9.17, 15) is 0 Å². The van der Waals surface area contributed by atoms with Crippen LogP contribution in [0.4, 0.5) is 0 Å². The molecule has 0 fully saturated rings. The lowest BCUT2D eigenvalue weighted by Crippen LogP contribution is -2.14. The second-order valence-corrected chi connectivity index (χ2v) is 0.897. The molecule has 2 N–H and O–H groups in total. The first kappa shape index (κ1) is 9.19. The lowest BCUT2D eigenvalue weighted by molar-refractivity contribution is -0.572. The predicted molar refractivity (Wildman–Crippen MR) is 26.7 cm³/mol. The second kappa shape index (κ2) is 6.31. The second-order valence-electron chi connectivity index (χ2n) is 0.747. The average molecular weight is 169 g/mol. The van der Waals surface area contributed by atoms with Gasteiger partial charge in [0.25, 0.3) is 0 Å². The first-order valence-electron chi connectivity index (χ1n) is 1.72. The largest absolute Gasteiger partial charge is 0.224 e. The van der Waals surface area contributed by atoms with E-state index in [2.05, 4.69) is 42.9 Å². The molecule has 0 spiro atoms. The zero-order chi connectivity index (χ0) is 7.82. The molecule has 0 bridgehead atoms. The standard InChI is InChI=1S/H3N5O4S/c1-2-3-4-5(7-6)8-9-10/h1,6,10H/b2-1?,4-3+. The summed E-state index contributed by atoms with van der Waals surface area (Å²) in [7, 11) is 0. The molecule has 10 heteroatoms. The van der Waals surface area contributed by atoms with Crippen molar-refractivity contribution in [3.63, 3.8) is 0 Å². The minimum atomic E-state index is 0.0189. The zero-order valence-electron chi connectivity index (χ0n) is 4.41. The Morgan fingerprint density at radius 2 is 2.30 bits per heavy atom. The van der Waals surface area contributed by atoms with Crippen molar-refractivity contribution in [2.24, 2.45) is 15.7 Å². The molecule has 0 aromatic heterocycles. The number of nitrogens with zero attached hydrogens (tertiary/aromatic N) is 4. The SMILES string of the molecule is N=N/N=N/N(OO)OOS. The van der Waals surface area contributed by atoms with Gasteiger partial charge in [-0.1, -0.05) is 4.99 Å². The highest BCUT2D eigenvalue weighted by molar-refractivity contribution is 7.74. The van der Waals surface area contributed by atoms with E-state index >= 15 is 0 Å². The third-order valence-electron chi connectivity index (χ3n) is 0.325. The van der Waals surface area contributed by atoms with Crippen molar-refractivity contribution in [1.82, 2.24) is 5.34 Å². The van der Waals surface area contributed by atoms with Gasteiger partial charge in [-0.2, -0.15) is 5.53 Å². The predicted octanol–water partition coefficient (Wildman–Crippen LogP) is 0.714. The van der Waals surface area contributed by atoms with Crippen LogP contribution in [0.1, 0.15) is 0 Å². The van der Waals surface area contributed by atoms with Gasteiger partial charge >= 0.3 is 0 Å². The van der Waals surface area contributed by atoms with Gasteiger partial charge in [0, 0.05) is 18.1 Å². The van der Waals surface area contributed by atoms with Crippen molar-refractivity contribution in [3.05, 3.63) is 0 Å². The van der Waals surface area contributed by atoms with Gasteiger partial charge in [0.1, 0.15) is 0 Å². The maximum atomic E-state index is 7.81. The molecule has 10 heavy (non-hydrogen) atoms. The van der Waals surface area contributed by atoms with E-state index in [1.807, 2.05) is 0 Å². The molecule has 58 valence electrons. The number of nitrogens with one attached hydrogen (secondary N) is 1. The average Bonchev–Trinajstić information content (AvgIpc) is 1.98. The quantitative estimate of drug-likeness (QED) is 0.184. The monoisotopic (exact) mass is 169 g/mol. The number of thiol groups is 1. The maximum absolute atomic E-state index is 7.81. The Balaban J connectivity index is 3.58. The van der Waals surface area contributed by atoms with Gasteiger partial charge in [-0.05, 0) is 15.4 Å². The summed E-state index contributed by atoms with van der Waals surface area (Å²) in [5.41, 5.74) is 6.09. The summed E-state index contributed by atoms with van der Waals surface area (Å²) in [6.07, 6.45) is 0. The summed E-state index contributed by atoms with van der Waals surface area (Å²) in [6.45, 7) is 0. The molecule has 0 atom stereocenters. The third kappa shape index (κ3) is 4.11. The number of hydrogen-bond acceptors (Lipinski definition) is 7. The molecule has 0 aliphatic rings. The zero-order valence-corrected chi connectivity index (χ0v) is 5.30. The summed E-state index contributed by atoms with van der Waals surface area (Å²) < 4.78 is 3.67. The molecule has 0 saturated carbocycles. The summed E-state index contributed by atoms with van der Waals surface area (Å²) >= 11 is 3.10. The maximum Gasteiger partial charge on any atom is 0.0513 e. The van der Waals surface area contributed by atoms with Gasteiger partial charge in [-0.15, -0.1) is 4.33 Å². The van der Waals surface area contributed by atoms with Crippen LogP contribution in [0, 0.1) is 5.53 Å². The van der Waals surface area contributed by atoms with Crippen LogP contribution >= 0.6 is 12.9 Å². The molecule has 0 aliphatic heterocycles. The molecular formula is H3N5O4S. The smallest absolute Gasteiger partial charge is 0.0513 e. The van der Waals surface area contributed by atoms with E-state index in [-0.39, 0.29) is 5.34 Å². The van der Waals surface area contributed by atoms with Gasteiger partial charge in [-0.3, -0.25) is 0 Å². The summed E-state index contributed by atoms with van der Waals surface area (Å²) in [5.74, 6) is 0. The van der Waals surface area contributed by atoms with Crippen LogP contribution in [0.25, 0.3) is 0 Å². The number of rotatable bonds is 5. The highest BCUT2D eigenvalue weighted by Crippen LogP contribution is 1.94. The molecule has 0 saturated heterocycles. The Bertz CT molecular complexity index is 114. The summed E-state index contributed by atoms with van der Waals surface area (Å²) in [6, 6.07) is 0. The van der Waals surface area contributed by atoms with Crippen molar-refractivity contribution in [2.45, 2.75) is 0 Å². The van der Waals surface area contributed by atoms with E-state index in [1.165, 1.54) is 0 Å². The molecular weight excluding hydrogens is 166 g/mol. The molecule has 0 heterocycles. The van der Waals surface area contributed by atoms with Crippen LogP contribution in [0.2, 0.25) is 0 Å². The van der Waals surface area contributed by atoms with E-state index in [4.69, 9.17) is 10.8 Å². The Hall–Kier alpha value is -0.810. The molecule has 0 aromatic carbocycles. The minimum Gasteiger partial charge on any atom is -0.224 e. The first-order chi connectivity index (χ1) is 4.85. The van der Waals surface area contributed by atoms with Crippen molar-refractivity contribution >= 4 is 12.9 Å². The summed E-state index contributed by atoms with van der Waals surface area (Å²) in [5, 5.41) is 15.7. The third-order valence-corrected chi connectivity index (χ3v) is 0.391. The van der Waals surface area contributed by atoms with Crippen LogP contribution in [-0.4, -0.2) is 10.6 Å². The fourth-order valence-electron chi connectivity index (χ4n) is 0.126. The Kier molecular flexibility index (Phi) is 5.80. The molecule has 0 aliphatic carbocycles.